The Labute approximate surface area is 113 Å². The van der Waals surface area contributed by atoms with Gasteiger partial charge in [0.25, 0.3) is 0 Å². The van der Waals surface area contributed by atoms with Crippen molar-refractivity contribution in [2.24, 2.45) is 0 Å². The summed E-state index contributed by atoms with van der Waals surface area (Å²) < 4.78 is 7.02. The summed E-state index contributed by atoms with van der Waals surface area (Å²) in [5, 5.41) is 0.472. The number of aromatic nitrogens is 3. The van der Waals surface area contributed by atoms with E-state index in [2.05, 4.69) is 9.97 Å². The van der Waals surface area contributed by atoms with Crippen LogP contribution in [0.2, 0.25) is 5.02 Å². The molecule has 0 aromatic carbocycles. The minimum Gasteiger partial charge on any atom is -0.454 e. The molecule has 1 N–H and O–H groups in total. The van der Waals surface area contributed by atoms with Crippen molar-refractivity contribution in [3.05, 3.63) is 59.3 Å². The molecule has 19 heavy (non-hydrogen) atoms. The molecule has 0 aliphatic rings. The zero-order valence-electron chi connectivity index (χ0n) is 9.84. The molecule has 3 heterocycles. The first-order valence-electron chi connectivity index (χ1n) is 5.66. The summed E-state index contributed by atoms with van der Waals surface area (Å²) in [6.07, 6.45) is 5.24. The van der Waals surface area contributed by atoms with E-state index in [9.17, 15) is 4.79 Å². The second-order valence-corrected chi connectivity index (χ2v) is 4.44. The van der Waals surface area contributed by atoms with E-state index in [0.29, 0.717) is 16.4 Å². The molecule has 0 saturated heterocycles. The van der Waals surface area contributed by atoms with Gasteiger partial charge in [-0.1, -0.05) is 17.7 Å². The van der Waals surface area contributed by atoms with E-state index >= 15 is 0 Å². The summed E-state index contributed by atoms with van der Waals surface area (Å²) in [5.41, 5.74) is 1.84. The van der Waals surface area contributed by atoms with Crippen molar-refractivity contribution in [3.8, 4) is 0 Å². The van der Waals surface area contributed by atoms with Gasteiger partial charge in [-0.05, 0) is 18.2 Å². The molecule has 6 heteroatoms. The number of hydrogen-bond acceptors (Lipinski definition) is 3. The number of hydrogen-bond donors (Lipinski definition) is 1. The maximum Gasteiger partial charge on any atom is 0.355 e. The van der Waals surface area contributed by atoms with Crippen molar-refractivity contribution in [2.75, 3.05) is 0 Å². The fourth-order valence-electron chi connectivity index (χ4n) is 1.76. The molecular weight excluding hydrogens is 266 g/mol. The third-order valence-corrected chi connectivity index (χ3v) is 2.85. The zero-order valence-corrected chi connectivity index (χ0v) is 10.6. The summed E-state index contributed by atoms with van der Waals surface area (Å²) in [5.74, 6) is -0.455. The van der Waals surface area contributed by atoms with Crippen molar-refractivity contribution in [1.29, 1.82) is 0 Å². The first-order chi connectivity index (χ1) is 9.22. The molecule has 5 nitrogen and oxygen atoms in total. The van der Waals surface area contributed by atoms with Gasteiger partial charge in [-0.25, -0.2) is 9.78 Å². The molecule has 0 atom stereocenters. The van der Waals surface area contributed by atoms with Crippen LogP contribution in [0.3, 0.4) is 0 Å². The first-order valence-corrected chi connectivity index (χ1v) is 6.04. The highest BCUT2D eigenvalue weighted by Crippen LogP contribution is 2.11. The van der Waals surface area contributed by atoms with Gasteiger partial charge < -0.3 is 14.1 Å². The number of ether oxygens (including phenoxy) is 1. The number of fused-ring (bicyclic) bond motifs is 1. The Morgan fingerprint density at radius 1 is 1.47 bits per heavy atom. The topological polar surface area (TPSA) is 59.4 Å². The highest BCUT2D eigenvalue weighted by molar-refractivity contribution is 6.30. The van der Waals surface area contributed by atoms with Crippen molar-refractivity contribution in [2.45, 2.75) is 6.61 Å². The third kappa shape index (κ3) is 2.46. The number of esters is 1. The predicted molar refractivity (Wildman–Crippen MR) is 70.1 cm³/mol. The van der Waals surface area contributed by atoms with Gasteiger partial charge in [-0.2, -0.15) is 0 Å². The Morgan fingerprint density at radius 3 is 3.11 bits per heavy atom. The standard InChI is InChI=1S/C13H10ClN3O2/c14-9-5-11(15-6-9)13(18)19-8-10-7-17-4-2-1-3-12(17)16-10/h1-7,15H,8H2. The fourth-order valence-corrected chi connectivity index (χ4v) is 1.92. The SMILES string of the molecule is O=C(OCc1cn2ccccc2n1)c1cc(Cl)c[nH]1. The smallest absolute Gasteiger partial charge is 0.355 e. The van der Waals surface area contributed by atoms with Gasteiger partial charge in [0.1, 0.15) is 17.9 Å². The van der Waals surface area contributed by atoms with Gasteiger partial charge in [-0.15, -0.1) is 0 Å². The molecule has 0 fully saturated rings. The molecule has 0 radical (unpaired) electrons. The Morgan fingerprint density at radius 2 is 2.37 bits per heavy atom. The highest BCUT2D eigenvalue weighted by atomic mass is 35.5. The Hall–Kier alpha value is -2.27. The zero-order chi connectivity index (χ0) is 13.2. The summed E-state index contributed by atoms with van der Waals surface area (Å²) in [6, 6.07) is 7.22. The lowest BCUT2D eigenvalue weighted by Crippen LogP contribution is -2.05. The predicted octanol–water partition coefficient (Wildman–Crippen LogP) is 2.67. The molecule has 0 aliphatic heterocycles. The van der Waals surface area contributed by atoms with Crippen molar-refractivity contribution < 1.29 is 9.53 Å². The fraction of sp³-hybridized carbons (Fsp3) is 0.0769. The monoisotopic (exact) mass is 275 g/mol. The largest absolute Gasteiger partial charge is 0.454 e. The maximum atomic E-state index is 11.7. The van der Waals surface area contributed by atoms with Crippen molar-refractivity contribution in [3.63, 3.8) is 0 Å². The van der Waals surface area contributed by atoms with Gasteiger partial charge in [0.05, 0.1) is 10.7 Å². The minimum absolute atomic E-state index is 0.122. The van der Waals surface area contributed by atoms with Crippen LogP contribution in [-0.2, 0) is 11.3 Å². The number of carbonyl (C=O) groups is 1. The van der Waals surface area contributed by atoms with Gasteiger partial charge in [0.2, 0.25) is 0 Å². The van der Waals surface area contributed by atoms with Crippen LogP contribution in [0.1, 0.15) is 16.2 Å². The van der Waals surface area contributed by atoms with E-state index in [1.807, 2.05) is 35.0 Å². The van der Waals surface area contributed by atoms with Crippen LogP contribution < -0.4 is 0 Å². The highest BCUT2D eigenvalue weighted by Gasteiger charge is 2.10. The molecular formula is C13H10ClN3O2. The molecule has 96 valence electrons. The normalized spacial score (nSPS) is 10.8. The minimum atomic E-state index is -0.455. The maximum absolute atomic E-state index is 11.7. The summed E-state index contributed by atoms with van der Waals surface area (Å²) in [7, 11) is 0. The molecule has 3 rings (SSSR count). The van der Waals surface area contributed by atoms with E-state index in [1.54, 1.807) is 0 Å². The van der Waals surface area contributed by atoms with Crippen molar-refractivity contribution in [1.82, 2.24) is 14.4 Å². The van der Waals surface area contributed by atoms with Crippen LogP contribution in [-0.4, -0.2) is 20.3 Å². The van der Waals surface area contributed by atoms with E-state index in [1.165, 1.54) is 12.3 Å². The number of carbonyl (C=O) groups excluding carboxylic acids is 1. The average Bonchev–Trinajstić information content (AvgIpc) is 3.01. The van der Waals surface area contributed by atoms with Crippen LogP contribution in [0.15, 0.2) is 42.9 Å². The number of nitrogens with one attached hydrogen (secondary N) is 1. The molecule has 3 aromatic rings. The summed E-state index contributed by atoms with van der Waals surface area (Å²) >= 11 is 5.72. The van der Waals surface area contributed by atoms with E-state index in [-0.39, 0.29) is 6.61 Å². The lowest BCUT2D eigenvalue weighted by Gasteiger charge is -1.99. The van der Waals surface area contributed by atoms with Crippen molar-refractivity contribution >= 4 is 23.2 Å². The number of pyridine rings is 1. The quantitative estimate of drug-likeness (QED) is 0.748. The van der Waals surface area contributed by atoms with E-state index in [0.717, 1.165) is 5.65 Å². The molecule has 0 bridgehead atoms. The number of H-pyrrole nitrogens is 1. The number of nitrogens with zero attached hydrogens (tertiary/aromatic N) is 2. The Balaban J connectivity index is 1.70. The second kappa shape index (κ2) is 4.78. The van der Waals surface area contributed by atoms with Crippen LogP contribution in [0.5, 0.6) is 0 Å². The average molecular weight is 276 g/mol. The number of imidazole rings is 1. The molecule has 0 amide bonds. The Kier molecular flexibility index (Phi) is 2.97. The second-order valence-electron chi connectivity index (χ2n) is 4.01. The number of rotatable bonds is 3. The molecule has 3 aromatic heterocycles. The van der Waals surface area contributed by atoms with Gasteiger partial charge >= 0.3 is 5.97 Å². The van der Waals surface area contributed by atoms with E-state index in [4.69, 9.17) is 16.3 Å². The van der Waals surface area contributed by atoms with Gasteiger partial charge in [-0.3, -0.25) is 0 Å². The van der Waals surface area contributed by atoms with E-state index < -0.39 is 5.97 Å². The van der Waals surface area contributed by atoms with Crippen LogP contribution >= 0.6 is 11.6 Å². The molecule has 0 aliphatic carbocycles. The van der Waals surface area contributed by atoms with Crippen LogP contribution in [0.4, 0.5) is 0 Å². The van der Waals surface area contributed by atoms with Gasteiger partial charge in [0.15, 0.2) is 0 Å². The summed E-state index contributed by atoms with van der Waals surface area (Å²) in [4.78, 5) is 18.8. The summed E-state index contributed by atoms with van der Waals surface area (Å²) in [6.45, 7) is 0.122. The lowest BCUT2D eigenvalue weighted by molar-refractivity contribution is 0.0462. The van der Waals surface area contributed by atoms with Crippen LogP contribution in [0, 0.1) is 0 Å². The van der Waals surface area contributed by atoms with Crippen LogP contribution in [0.25, 0.3) is 5.65 Å². The number of aromatic amines is 1. The third-order valence-electron chi connectivity index (χ3n) is 2.63. The lowest BCUT2D eigenvalue weighted by atomic mass is 10.4. The first kappa shape index (κ1) is 11.8. The van der Waals surface area contributed by atoms with Gasteiger partial charge in [0, 0.05) is 18.6 Å². The molecule has 0 spiro atoms. The number of halogens is 1. The molecule has 0 saturated carbocycles. The molecule has 0 unspecified atom stereocenters. The Bertz CT molecular complexity index is 699.